The van der Waals surface area contributed by atoms with Crippen LogP contribution in [0.5, 0.6) is 5.75 Å². The molecule has 0 saturated heterocycles. The maximum Gasteiger partial charge on any atom is 0.267 e. The number of aliphatic hydroxyl groups is 1. The fourth-order valence-corrected chi connectivity index (χ4v) is 7.70. The zero-order valence-corrected chi connectivity index (χ0v) is 32.5. The van der Waals surface area contributed by atoms with Crippen molar-refractivity contribution in [1.29, 1.82) is 0 Å². The van der Waals surface area contributed by atoms with Crippen LogP contribution in [0.2, 0.25) is 5.02 Å². The molecule has 3 aromatic carbocycles. The summed E-state index contributed by atoms with van der Waals surface area (Å²) in [4.78, 5) is 34.5. The smallest absolute Gasteiger partial charge is 0.267 e. The molecule has 0 aliphatic heterocycles. The lowest BCUT2D eigenvalue weighted by Crippen LogP contribution is -2.32. The second-order valence-electron chi connectivity index (χ2n) is 13.2. The van der Waals surface area contributed by atoms with Gasteiger partial charge in [0.15, 0.2) is 15.6 Å². The van der Waals surface area contributed by atoms with E-state index in [1.165, 1.54) is 0 Å². The molecule has 5 aromatic rings. The number of aliphatic hydroxyl groups excluding tert-OH is 1. The third-order valence-corrected chi connectivity index (χ3v) is 11.4. The number of para-hydroxylation sites is 1. The number of rotatable bonds is 17. The van der Waals surface area contributed by atoms with Crippen LogP contribution >= 0.6 is 11.6 Å². The number of halogens is 1. The van der Waals surface area contributed by atoms with E-state index >= 15 is 0 Å². The first-order chi connectivity index (χ1) is 25.8. The van der Waals surface area contributed by atoms with Crippen LogP contribution in [0, 0.1) is 13.8 Å². The summed E-state index contributed by atoms with van der Waals surface area (Å²) >= 11 is 6.33. The van der Waals surface area contributed by atoms with E-state index in [2.05, 4.69) is 15.3 Å². The van der Waals surface area contributed by atoms with Gasteiger partial charge in [0.25, 0.3) is 5.91 Å². The monoisotopic (exact) mass is 771 g/mol. The van der Waals surface area contributed by atoms with Crippen molar-refractivity contribution in [3.63, 3.8) is 0 Å². The van der Waals surface area contributed by atoms with E-state index < -0.39 is 39.6 Å². The number of allylic oxidation sites excluding steroid dienone is 1. The van der Waals surface area contributed by atoms with Crippen molar-refractivity contribution in [3.05, 3.63) is 129 Å². The number of fused-ring (bicyclic) bond motifs is 1. The average Bonchev–Trinajstić information content (AvgIpc) is 3.77. The number of nitrogens with zero attached hydrogens (tertiary/aromatic N) is 2. The number of H-pyrrole nitrogens is 1. The summed E-state index contributed by atoms with van der Waals surface area (Å²) in [5.74, 6) is -1.53. The summed E-state index contributed by atoms with van der Waals surface area (Å²) in [6, 6.07) is 22.3. The molecule has 0 aliphatic carbocycles. The molecule has 2 aromatic heterocycles. The van der Waals surface area contributed by atoms with Crippen LogP contribution in [0.4, 0.5) is 0 Å². The highest BCUT2D eigenvalue weighted by atomic mass is 35.5. The van der Waals surface area contributed by atoms with E-state index in [1.54, 1.807) is 36.9 Å². The summed E-state index contributed by atoms with van der Waals surface area (Å²) < 4.78 is 34.5. The number of ether oxygens (including phenoxy) is 1. The lowest BCUT2D eigenvalue weighted by molar-refractivity contribution is 0.0946. The molecule has 54 heavy (non-hydrogen) atoms. The Bertz CT molecular complexity index is 2300. The summed E-state index contributed by atoms with van der Waals surface area (Å²) in [6.07, 6.45) is 2.70. The van der Waals surface area contributed by atoms with Gasteiger partial charge >= 0.3 is 0 Å². The minimum absolute atomic E-state index is 0.162. The molecule has 1 amide bonds. The highest BCUT2D eigenvalue weighted by molar-refractivity contribution is 7.92. The fraction of sp³-hybridized carbons (Fsp3) is 0.293. The first-order valence-corrected chi connectivity index (χ1v) is 19.8. The summed E-state index contributed by atoms with van der Waals surface area (Å²) in [7, 11) is -2.33. The van der Waals surface area contributed by atoms with Gasteiger partial charge in [-0.2, -0.15) is 0 Å². The van der Waals surface area contributed by atoms with Gasteiger partial charge in [-0.3, -0.25) is 14.6 Å². The Labute approximate surface area is 320 Å². The predicted octanol–water partition coefficient (Wildman–Crippen LogP) is 6.08. The second-order valence-corrected chi connectivity index (χ2v) is 15.7. The Kier molecular flexibility index (Phi) is 13.2. The van der Waals surface area contributed by atoms with Gasteiger partial charge in [0.05, 0.1) is 30.2 Å². The molecule has 0 bridgehead atoms. The first kappa shape index (κ1) is 40.0. The largest absolute Gasteiger partial charge is 0.494 e. The number of hydrogen-bond acceptors (Lipinski definition) is 8. The average molecular weight is 772 g/mol. The van der Waals surface area contributed by atoms with Gasteiger partial charge in [-0.1, -0.05) is 60.1 Å². The van der Waals surface area contributed by atoms with Crippen LogP contribution in [0.3, 0.4) is 0 Å². The second kappa shape index (κ2) is 17.8. The van der Waals surface area contributed by atoms with Crippen LogP contribution in [0.25, 0.3) is 16.5 Å². The van der Waals surface area contributed by atoms with Crippen molar-refractivity contribution in [3.8, 4) is 5.75 Å². The van der Waals surface area contributed by atoms with E-state index in [4.69, 9.17) is 22.1 Å². The molecule has 0 spiro atoms. The number of carbonyl (C=O) groups excluding carboxylic acids is 2. The quantitative estimate of drug-likeness (QED) is 0.0505. The van der Waals surface area contributed by atoms with Crippen molar-refractivity contribution < 1.29 is 27.9 Å². The van der Waals surface area contributed by atoms with Gasteiger partial charge < -0.3 is 30.4 Å². The van der Waals surface area contributed by atoms with Crippen molar-refractivity contribution in [2.75, 3.05) is 38.3 Å². The number of aromatic amines is 1. The van der Waals surface area contributed by atoms with Crippen LogP contribution in [0.15, 0.2) is 89.7 Å². The maximum atomic E-state index is 13.9. The molecular formula is C41H46ClN5O6S. The molecule has 0 fully saturated rings. The van der Waals surface area contributed by atoms with Crippen molar-refractivity contribution >= 4 is 55.3 Å². The lowest BCUT2D eigenvalue weighted by atomic mass is 9.96. The number of ketones is 1. The Hall–Kier alpha value is -5.17. The molecular weight excluding hydrogens is 726 g/mol. The molecule has 13 heteroatoms. The number of aliphatic imine (C=N–C) groups is 1. The van der Waals surface area contributed by atoms with Crippen LogP contribution < -0.4 is 15.8 Å². The van der Waals surface area contributed by atoms with Gasteiger partial charge in [0.2, 0.25) is 0 Å². The molecule has 0 unspecified atom stereocenters. The van der Waals surface area contributed by atoms with Crippen LogP contribution in [-0.2, 0) is 22.8 Å². The number of aryl methyl sites for hydroxylation is 3. The molecule has 0 atom stereocenters. The molecule has 11 nitrogen and oxygen atoms in total. The van der Waals surface area contributed by atoms with E-state index in [9.17, 15) is 23.1 Å². The zero-order valence-electron chi connectivity index (χ0n) is 30.9. The number of amides is 1. The Morgan fingerprint density at radius 2 is 1.76 bits per heavy atom. The van der Waals surface area contributed by atoms with E-state index in [1.807, 2.05) is 74.5 Å². The summed E-state index contributed by atoms with van der Waals surface area (Å²) in [6.45, 7) is 5.83. The number of aromatic nitrogens is 2. The van der Waals surface area contributed by atoms with Crippen LogP contribution in [-0.4, -0.2) is 78.8 Å². The zero-order chi connectivity index (χ0) is 39.0. The van der Waals surface area contributed by atoms with Crippen LogP contribution in [0.1, 0.15) is 62.1 Å². The summed E-state index contributed by atoms with van der Waals surface area (Å²) in [5, 5.41) is 14.1. The van der Waals surface area contributed by atoms with E-state index in [0.717, 1.165) is 16.7 Å². The number of nitrogens with two attached hydrogens (primary N) is 1. The Morgan fingerprint density at radius 3 is 2.44 bits per heavy atom. The number of sulfone groups is 1. The van der Waals surface area contributed by atoms with Gasteiger partial charge in [0.1, 0.15) is 17.2 Å². The first-order valence-electron chi connectivity index (χ1n) is 17.6. The minimum atomic E-state index is -3.95. The number of benzene rings is 3. The highest BCUT2D eigenvalue weighted by Crippen LogP contribution is 2.32. The van der Waals surface area contributed by atoms with Crippen molar-refractivity contribution in [2.24, 2.45) is 10.7 Å². The third kappa shape index (κ3) is 9.49. The minimum Gasteiger partial charge on any atom is -0.494 e. The summed E-state index contributed by atoms with van der Waals surface area (Å²) in [5.41, 5.74) is 12.8. The topological polar surface area (TPSA) is 169 Å². The predicted molar refractivity (Wildman–Crippen MR) is 216 cm³/mol. The number of hydrogen-bond donors (Lipinski definition) is 4. The van der Waals surface area contributed by atoms with E-state index in [-0.39, 0.29) is 17.9 Å². The third-order valence-electron chi connectivity index (χ3n) is 9.24. The molecule has 0 saturated carbocycles. The normalized spacial score (nSPS) is 12.5. The Balaban J connectivity index is 1.35. The molecule has 2 heterocycles. The van der Waals surface area contributed by atoms with Gasteiger partial charge in [-0.05, 0) is 80.1 Å². The number of nitrogens with one attached hydrogen (secondary N) is 2. The molecule has 5 N–H and O–H groups in total. The molecule has 284 valence electrons. The molecule has 5 rings (SSSR count). The van der Waals surface area contributed by atoms with Crippen molar-refractivity contribution in [2.45, 2.75) is 40.2 Å². The lowest BCUT2D eigenvalue weighted by Gasteiger charge is -2.12. The van der Waals surface area contributed by atoms with Gasteiger partial charge in [-0.25, -0.2) is 8.42 Å². The SMILES string of the molecule is CN=C(C)C(=C(N)CO)c1cccc2c(CCCOc3cc(C)c(Cl)c(C)c3)c(C(=O)CS(=O)(=O)CCNC(=O)c3cccn3Cc3ccccc3)[nH]c12. The van der Waals surface area contributed by atoms with Gasteiger partial charge in [-0.15, -0.1) is 0 Å². The highest BCUT2D eigenvalue weighted by Gasteiger charge is 2.26. The Morgan fingerprint density at radius 1 is 1.04 bits per heavy atom. The number of carbonyl (C=O) groups is 2. The fourth-order valence-electron chi connectivity index (χ4n) is 6.49. The maximum absolute atomic E-state index is 13.9. The molecule has 0 aliphatic rings. The number of Topliss-reactive ketones (excluding diaryl/α,β-unsaturated/α-hetero) is 1. The van der Waals surface area contributed by atoms with E-state index in [0.29, 0.717) is 75.8 Å². The standard InChI is InChI=1S/C41H46ClN5O6S/c1-26-21-30(22-27(2)38(26)42)53-19-10-15-32-31-13-8-14-33(37(28(3)44-4)34(43)24-48)39(31)46-40(32)36(49)25-54(51,52)20-17-45-41(50)35-16-9-18-47(35)23-29-11-6-5-7-12-29/h5-9,11-14,16,18,21-22,46,48H,10,15,17,19-20,23-25,43H2,1-4H3,(H,45,50). The molecule has 0 radical (unpaired) electrons. The van der Waals surface area contributed by atoms with Crippen molar-refractivity contribution in [1.82, 2.24) is 14.9 Å². The van der Waals surface area contributed by atoms with Gasteiger partial charge in [0, 0.05) is 59.3 Å².